The topological polar surface area (TPSA) is 17.1 Å². The molecule has 0 aromatic rings. The molecule has 2 unspecified atom stereocenters. The summed E-state index contributed by atoms with van der Waals surface area (Å²) in [7, 11) is 0. The van der Waals surface area contributed by atoms with Gasteiger partial charge < -0.3 is 0 Å². The van der Waals surface area contributed by atoms with Crippen LogP contribution in [-0.2, 0) is 4.79 Å². The van der Waals surface area contributed by atoms with Gasteiger partial charge in [0.1, 0.15) is 5.78 Å². The van der Waals surface area contributed by atoms with Crippen LogP contribution in [0.4, 0.5) is 0 Å². The van der Waals surface area contributed by atoms with Gasteiger partial charge in [0, 0.05) is 11.8 Å². The molecule has 2 atom stereocenters. The van der Waals surface area contributed by atoms with Crippen LogP contribution in [0.1, 0.15) is 77.6 Å². The van der Waals surface area contributed by atoms with Gasteiger partial charge in [-0.15, -0.1) is 0 Å². The van der Waals surface area contributed by atoms with E-state index in [1.807, 2.05) is 0 Å². The van der Waals surface area contributed by atoms with Gasteiger partial charge >= 0.3 is 0 Å². The third kappa shape index (κ3) is 3.82. The van der Waals surface area contributed by atoms with Gasteiger partial charge in [-0.25, -0.2) is 0 Å². The van der Waals surface area contributed by atoms with Gasteiger partial charge in [0.05, 0.1) is 0 Å². The molecular formula is C16H28O. The van der Waals surface area contributed by atoms with Crippen molar-refractivity contribution in [1.29, 1.82) is 0 Å². The lowest BCUT2D eigenvalue weighted by atomic mass is 9.75. The second kappa shape index (κ2) is 6.56. The molecule has 0 bridgehead atoms. The maximum Gasteiger partial charge on any atom is 0.139 e. The SMILES string of the molecule is CC1CCCC(C(=O)C2CCCCCCC2)C1. The second-order valence-corrected chi connectivity index (χ2v) is 6.41. The summed E-state index contributed by atoms with van der Waals surface area (Å²) in [6, 6.07) is 0. The van der Waals surface area contributed by atoms with Crippen LogP contribution in [0.25, 0.3) is 0 Å². The predicted octanol–water partition coefficient (Wildman–Crippen LogP) is 4.74. The Morgan fingerprint density at radius 1 is 0.765 bits per heavy atom. The van der Waals surface area contributed by atoms with E-state index in [1.165, 1.54) is 70.6 Å². The molecule has 1 nitrogen and oxygen atoms in total. The van der Waals surface area contributed by atoms with E-state index in [0.29, 0.717) is 17.6 Å². The number of carbonyl (C=O) groups is 1. The van der Waals surface area contributed by atoms with Crippen LogP contribution in [0.5, 0.6) is 0 Å². The van der Waals surface area contributed by atoms with Crippen molar-refractivity contribution in [3.05, 3.63) is 0 Å². The van der Waals surface area contributed by atoms with Crippen molar-refractivity contribution in [2.75, 3.05) is 0 Å². The number of Topliss-reactive ketones (excluding diaryl/α,β-unsaturated/α-hetero) is 1. The zero-order valence-electron chi connectivity index (χ0n) is 11.4. The predicted molar refractivity (Wildman–Crippen MR) is 71.9 cm³/mol. The van der Waals surface area contributed by atoms with Crippen LogP contribution in [0, 0.1) is 17.8 Å². The summed E-state index contributed by atoms with van der Waals surface area (Å²) in [5, 5.41) is 0. The first-order valence-electron chi connectivity index (χ1n) is 7.81. The fourth-order valence-corrected chi connectivity index (χ4v) is 3.77. The molecule has 0 aromatic heterocycles. The van der Waals surface area contributed by atoms with E-state index in [1.54, 1.807) is 0 Å². The molecule has 0 radical (unpaired) electrons. The minimum absolute atomic E-state index is 0.420. The molecule has 17 heavy (non-hydrogen) atoms. The number of carbonyl (C=O) groups excluding carboxylic acids is 1. The normalized spacial score (nSPS) is 32.8. The first-order valence-corrected chi connectivity index (χ1v) is 7.81. The number of ketones is 1. The molecule has 0 N–H and O–H groups in total. The second-order valence-electron chi connectivity index (χ2n) is 6.41. The molecule has 0 spiro atoms. The third-order valence-corrected chi connectivity index (χ3v) is 4.85. The van der Waals surface area contributed by atoms with Gasteiger partial charge in [-0.1, -0.05) is 51.9 Å². The first-order chi connectivity index (χ1) is 8.27. The van der Waals surface area contributed by atoms with Crippen molar-refractivity contribution in [3.63, 3.8) is 0 Å². The minimum Gasteiger partial charge on any atom is -0.299 e. The number of hydrogen-bond acceptors (Lipinski definition) is 1. The van der Waals surface area contributed by atoms with Gasteiger partial charge in [0.15, 0.2) is 0 Å². The zero-order valence-corrected chi connectivity index (χ0v) is 11.4. The highest BCUT2D eigenvalue weighted by Crippen LogP contribution is 2.34. The van der Waals surface area contributed by atoms with Crippen molar-refractivity contribution in [2.45, 2.75) is 77.6 Å². The Hall–Kier alpha value is -0.330. The molecule has 2 rings (SSSR count). The van der Waals surface area contributed by atoms with E-state index in [-0.39, 0.29) is 0 Å². The lowest BCUT2D eigenvalue weighted by Gasteiger charge is -2.29. The Morgan fingerprint density at radius 2 is 1.35 bits per heavy atom. The van der Waals surface area contributed by atoms with Crippen molar-refractivity contribution in [2.24, 2.45) is 17.8 Å². The molecule has 0 amide bonds. The maximum atomic E-state index is 12.6. The molecule has 0 aliphatic heterocycles. The average Bonchev–Trinajstić information content (AvgIpc) is 2.28. The van der Waals surface area contributed by atoms with Crippen LogP contribution in [0.2, 0.25) is 0 Å². The van der Waals surface area contributed by atoms with Gasteiger partial charge in [-0.05, 0) is 31.6 Å². The molecule has 0 heterocycles. The van der Waals surface area contributed by atoms with Crippen LogP contribution < -0.4 is 0 Å². The van der Waals surface area contributed by atoms with Crippen LogP contribution in [-0.4, -0.2) is 5.78 Å². The molecule has 98 valence electrons. The van der Waals surface area contributed by atoms with Crippen LogP contribution in [0.3, 0.4) is 0 Å². The molecule has 2 fully saturated rings. The van der Waals surface area contributed by atoms with E-state index in [0.717, 1.165) is 5.92 Å². The molecule has 0 saturated heterocycles. The Kier molecular flexibility index (Phi) is 5.06. The summed E-state index contributed by atoms with van der Waals surface area (Å²) in [6.07, 6.45) is 14.0. The van der Waals surface area contributed by atoms with E-state index in [2.05, 4.69) is 6.92 Å². The quantitative estimate of drug-likeness (QED) is 0.676. The summed E-state index contributed by atoms with van der Waals surface area (Å²) in [4.78, 5) is 12.6. The van der Waals surface area contributed by atoms with E-state index in [4.69, 9.17) is 0 Å². The molecular weight excluding hydrogens is 208 g/mol. The summed E-state index contributed by atoms with van der Waals surface area (Å²) >= 11 is 0. The van der Waals surface area contributed by atoms with Crippen LogP contribution in [0.15, 0.2) is 0 Å². The molecule has 1 heteroatoms. The summed E-state index contributed by atoms with van der Waals surface area (Å²) in [5.41, 5.74) is 0. The molecule has 2 saturated carbocycles. The number of hydrogen-bond donors (Lipinski definition) is 0. The van der Waals surface area contributed by atoms with Crippen molar-refractivity contribution >= 4 is 5.78 Å². The fraction of sp³-hybridized carbons (Fsp3) is 0.938. The highest BCUT2D eigenvalue weighted by Gasteiger charge is 2.30. The van der Waals surface area contributed by atoms with E-state index >= 15 is 0 Å². The monoisotopic (exact) mass is 236 g/mol. The minimum atomic E-state index is 0.420. The first kappa shape index (κ1) is 13.1. The van der Waals surface area contributed by atoms with Crippen molar-refractivity contribution in [3.8, 4) is 0 Å². The zero-order chi connectivity index (χ0) is 12.1. The Morgan fingerprint density at radius 3 is 2.00 bits per heavy atom. The molecule has 2 aliphatic carbocycles. The summed E-state index contributed by atoms with van der Waals surface area (Å²) in [5.74, 6) is 2.26. The highest BCUT2D eigenvalue weighted by molar-refractivity contribution is 5.83. The Bertz CT molecular complexity index is 238. The lowest BCUT2D eigenvalue weighted by molar-refractivity contribution is -0.128. The van der Waals surface area contributed by atoms with Crippen LogP contribution >= 0.6 is 0 Å². The molecule has 0 aromatic carbocycles. The fourth-order valence-electron chi connectivity index (χ4n) is 3.77. The third-order valence-electron chi connectivity index (χ3n) is 4.85. The standard InChI is InChI=1S/C16H28O/c1-13-8-7-11-15(12-13)16(17)14-9-5-3-2-4-6-10-14/h13-15H,2-12H2,1H3. The van der Waals surface area contributed by atoms with Gasteiger partial charge in [-0.3, -0.25) is 4.79 Å². The summed E-state index contributed by atoms with van der Waals surface area (Å²) < 4.78 is 0. The van der Waals surface area contributed by atoms with Gasteiger partial charge in [-0.2, -0.15) is 0 Å². The Balaban J connectivity index is 1.87. The highest BCUT2D eigenvalue weighted by atomic mass is 16.1. The average molecular weight is 236 g/mol. The van der Waals surface area contributed by atoms with Gasteiger partial charge in [0.25, 0.3) is 0 Å². The number of rotatable bonds is 2. The van der Waals surface area contributed by atoms with Crippen molar-refractivity contribution in [1.82, 2.24) is 0 Å². The molecule has 2 aliphatic rings. The van der Waals surface area contributed by atoms with E-state index < -0.39 is 0 Å². The summed E-state index contributed by atoms with van der Waals surface area (Å²) in [6.45, 7) is 2.32. The Labute approximate surface area is 106 Å². The van der Waals surface area contributed by atoms with Gasteiger partial charge in [0.2, 0.25) is 0 Å². The smallest absolute Gasteiger partial charge is 0.139 e. The maximum absolute atomic E-state index is 12.6. The lowest BCUT2D eigenvalue weighted by Crippen LogP contribution is -2.28. The van der Waals surface area contributed by atoms with Crippen molar-refractivity contribution < 1.29 is 4.79 Å². The largest absolute Gasteiger partial charge is 0.299 e. The van der Waals surface area contributed by atoms with E-state index in [9.17, 15) is 4.79 Å².